The minimum absolute atomic E-state index is 0.0273. The molecule has 2 aliphatic rings. The number of aromatic nitrogens is 4. The van der Waals surface area contributed by atoms with E-state index in [0.29, 0.717) is 37.4 Å². The van der Waals surface area contributed by atoms with Crippen molar-refractivity contribution in [2.45, 2.75) is 39.7 Å². The van der Waals surface area contributed by atoms with Crippen LogP contribution in [0.1, 0.15) is 30.5 Å². The first-order valence-electron chi connectivity index (χ1n) is 10.7. The lowest BCUT2D eigenvalue weighted by Gasteiger charge is -2.36. The number of anilines is 2. The van der Waals surface area contributed by atoms with E-state index < -0.39 is 0 Å². The summed E-state index contributed by atoms with van der Waals surface area (Å²) in [6.07, 6.45) is 6.93. The molecule has 2 aliphatic heterocycles. The molecule has 160 valence electrons. The minimum atomic E-state index is -0.152. The molecule has 2 aromatic heterocycles. The van der Waals surface area contributed by atoms with Gasteiger partial charge in [-0.1, -0.05) is 0 Å². The Labute approximate surface area is 176 Å². The van der Waals surface area contributed by atoms with Crippen molar-refractivity contribution in [3.63, 3.8) is 0 Å². The summed E-state index contributed by atoms with van der Waals surface area (Å²) < 4.78 is 1.40. The first kappa shape index (κ1) is 20.3. The van der Waals surface area contributed by atoms with E-state index in [-0.39, 0.29) is 18.0 Å². The summed E-state index contributed by atoms with van der Waals surface area (Å²) in [6.45, 7) is 8.22. The number of carbonyl (C=O) groups is 1. The average molecular weight is 412 g/mol. The van der Waals surface area contributed by atoms with Crippen molar-refractivity contribution in [3.8, 4) is 0 Å². The number of piperazine rings is 1. The largest absolute Gasteiger partial charge is 0.353 e. The van der Waals surface area contributed by atoms with E-state index >= 15 is 0 Å². The molecule has 0 aliphatic carbocycles. The topological polar surface area (TPSA) is 87.5 Å². The van der Waals surface area contributed by atoms with Crippen molar-refractivity contribution in [2.75, 3.05) is 49.1 Å². The van der Waals surface area contributed by atoms with Crippen molar-refractivity contribution in [2.24, 2.45) is 0 Å². The van der Waals surface area contributed by atoms with E-state index in [0.717, 1.165) is 24.9 Å². The normalized spacial score (nSPS) is 17.3. The number of hydrogen-bond acceptors (Lipinski definition) is 7. The fourth-order valence-electron chi connectivity index (χ4n) is 3.98. The molecule has 0 N–H and O–H groups in total. The van der Waals surface area contributed by atoms with Crippen LogP contribution in [0.3, 0.4) is 0 Å². The van der Waals surface area contributed by atoms with E-state index in [9.17, 15) is 9.59 Å². The summed E-state index contributed by atoms with van der Waals surface area (Å²) in [5.41, 5.74) is 1.13. The summed E-state index contributed by atoms with van der Waals surface area (Å²) in [4.78, 5) is 44.7. The highest BCUT2D eigenvalue weighted by atomic mass is 16.2. The van der Waals surface area contributed by atoms with Crippen LogP contribution < -0.4 is 15.4 Å². The van der Waals surface area contributed by atoms with Crippen molar-refractivity contribution >= 4 is 17.7 Å². The smallest absolute Gasteiger partial charge is 0.256 e. The van der Waals surface area contributed by atoms with Crippen LogP contribution in [-0.2, 0) is 11.3 Å². The SMILES string of the molecule is Cc1ncn(CC(=O)N2CCN(c3ccnc(N4CCCCC4)n3)CC2)c(=O)c1C. The summed E-state index contributed by atoms with van der Waals surface area (Å²) in [6, 6.07) is 1.94. The van der Waals surface area contributed by atoms with E-state index in [1.165, 1.54) is 30.2 Å². The average Bonchev–Trinajstić information content (AvgIpc) is 2.80. The highest BCUT2D eigenvalue weighted by Gasteiger charge is 2.23. The molecule has 0 unspecified atom stereocenters. The number of aryl methyl sites for hydroxylation is 1. The fraction of sp³-hybridized carbons (Fsp3) is 0.571. The lowest BCUT2D eigenvalue weighted by Crippen LogP contribution is -2.50. The highest BCUT2D eigenvalue weighted by molar-refractivity contribution is 5.76. The molecule has 9 nitrogen and oxygen atoms in total. The molecule has 0 bridgehead atoms. The van der Waals surface area contributed by atoms with Crippen LogP contribution in [0.2, 0.25) is 0 Å². The van der Waals surface area contributed by atoms with Crippen LogP contribution in [0.15, 0.2) is 23.4 Å². The summed E-state index contributed by atoms with van der Waals surface area (Å²) in [5, 5.41) is 0. The molecule has 1 amide bonds. The molecule has 0 saturated carbocycles. The number of hydrogen-bond donors (Lipinski definition) is 0. The molecular weight excluding hydrogens is 382 g/mol. The molecular formula is C21H29N7O2. The Balaban J connectivity index is 1.36. The van der Waals surface area contributed by atoms with Crippen LogP contribution in [0.5, 0.6) is 0 Å². The van der Waals surface area contributed by atoms with E-state index in [4.69, 9.17) is 4.98 Å². The van der Waals surface area contributed by atoms with Crippen molar-refractivity contribution in [1.82, 2.24) is 24.4 Å². The third kappa shape index (κ3) is 4.29. The van der Waals surface area contributed by atoms with Crippen LogP contribution >= 0.6 is 0 Å². The van der Waals surface area contributed by atoms with E-state index in [1.54, 1.807) is 13.8 Å². The summed E-state index contributed by atoms with van der Waals surface area (Å²) in [7, 11) is 0. The predicted octanol–water partition coefficient (Wildman–Crippen LogP) is 0.989. The molecule has 0 spiro atoms. The molecule has 2 fully saturated rings. The molecule has 2 saturated heterocycles. The summed E-state index contributed by atoms with van der Waals surface area (Å²) in [5.74, 6) is 1.65. The zero-order valence-electron chi connectivity index (χ0n) is 17.8. The second-order valence-corrected chi connectivity index (χ2v) is 8.02. The summed E-state index contributed by atoms with van der Waals surface area (Å²) >= 11 is 0. The Kier molecular flexibility index (Phi) is 5.96. The molecule has 2 aromatic rings. The van der Waals surface area contributed by atoms with Gasteiger partial charge in [0.15, 0.2) is 0 Å². The van der Waals surface area contributed by atoms with Crippen LogP contribution in [0, 0.1) is 13.8 Å². The van der Waals surface area contributed by atoms with Gasteiger partial charge in [0, 0.05) is 56.7 Å². The number of rotatable bonds is 4. The molecule has 4 heterocycles. The Morgan fingerprint density at radius 1 is 0.967 bits per heavy atom. The van der Waals surface area contributed by atoms with Crippen LogP contribution in [0.4, 0.5) is 11.8 Å². The second kappa shape index (κ2) is 8.81. The quantitative estimate of drug-likeness (QED) is 0.741. The van der Waals surface area contributed by atoms with Gasteiger partial charge in [-0.25, -0.2) is 9.97 Å². The van der Waals surface area contributed by atoms with Crippen molar-refractivity contribution in [1.29, 1.82) is 0 Å². The van der Waals surface area contributed by atoms with Crippen molar-refractivity contribution < 1.29 is 4.79 Å². The zero-order chi connectivity index (χ0) is 21.1. The fourth-order valence-corrected chi connectivity index (χ4v) is 3.98. The Morgan fingerprint density at radius 2 is 1.70 bits per heavy atom. The number of amides is 1. The standard InChI is InChI=1S/C21H29N7O2/c1-16-17(2)23-15-28(20(16)30)14-19(29)26-12-10-25(11-13-26)18-6-7-22-21(24-18)27-8-4-3-5-9-27/h6-7,15H,3-5,8-14H2,1-2H3. The van der Waals surface area contributed by atoms with Crippen LogP contribution in [0.25, 0.3) is 0 Å². The highest BCUT2D eigenvalue weighted by Crippen LogP contribution is 2.20. The Bertz CT molecular complexity index is 960. The maximum atomic E-state index is 12.7. The predicted molar refractivity (Wildman–Crippen MR) is 115 cm³/mol. The van der Waals surface area contributed by atoms with Gasteiger partial charge in [0.2, 0.25) is 11.9 Å². The maximum Gasteiger partial charge on any atom is 0.256 e. The first-order valence-corrected chi connectivity index (χ1v) is 10.7. The van der Waals surface area contributed by atoms with Gasteiger partial charge < -0.3 is 14.7 Å². The van der Waals surface area contributed by atoms with Gasteiger partial charge in [0.25, 0.3) is 5.56 Å². The van der Waals surface area contributed by atoms with E-state index in [1.807, 2.05) is 17.2 Å². The maximum absolute atomic E-state index is 12.7. The molecule has 30 heavy (non-hydrogen) atoms. The van der Waals surface area contributed by atoms with Gasteiger partial charge in [-0.2, -0.15) is 4.98 Å². The van der Waals surface area contributed by atoms with Gasteiger partial charge in [0.1, 0.15) is 12.4 Å². The number of carbonyl (C=O) groups excluding carboxylic acids is 1. The van der Waals surface area contributed by atoms with Gasteiger partial charge in [-0.15, -0.1) is 0 Å². The van der Waals surface area contributed by atoms with Gasteiger partial charge in [-0.05, 0) is 39.2 Å². The Hall–Kier alpha value is -2.97. The lowest BCUT2D eigenvalue weighted by molar-refractivity contribution is -0.132. The van der Waals surface area contributed by atoms with Crippen molar-refractivity contribution in [3.05, 3.63) is 40.2 Å². The molecule has 4 rings (SSSR count). The lowest BCUT2D eigenvalue weighted by atomic mass is 10.1. The molecule has 9 heteroatoms. The number of piperidine rings is 1. The number of nitrogens with zero attached hydrogens (tertiary/aromatic N) is 7. The van der Waals surface area contributed by atoms with Gasteiger partial charge in [-0.3, -0.25) is 14.2 Å². The third-order valence-electron chi connectivity index (χ3n) is 6.04. The second-order valence-electron chi connectivity index (χ2n) is 8.02. The first-order chi connectivity index (χ1) is 14.5. The van der Waals surface area contributed by atoms with Crippen LogP contribution in [-0.4, -0.2) is 69.6 Å². The minimum Gasteiger partial charge on any atom is -0.353 e. The molecule has 0 radical (unpaired) electrons. The van der Waals surface area contributed by atoms with Gasteiger partial charge in [0.05, 0.1) is 6.33 Å². The van der Waals surface area contributed by atoms with Gasteiger partial charge >= 0.3 is 0 Å². The monoisotopic (exact) mass is 411 g/mol. The Morgan fingerprint density at radius 3 is 2.43 bits per heavy atom. The zero-order valence-corrected chi connectivity index (χ0v) is 17.8. The molecule has 0 atom stereocenters. The third-order valence-corrected chi connectivity index (χ3v) is 6.04. The molecule has 0 aromatic carbocycles. The van der Waals surface area contributed by atoms with E-state index in [2.05, 4.69) is 19.8 Å².